The molecule has 0 spiro atoms. The first-order chi connectivity index (χ1) is 15.5. The molecule has 8 heteroatoms. The molecule has 0 saturated carbocycles. The van der Waals surface area contributed by atoms with E-state index in [1.165, 1.54) is 18.2 Å². The first-order valence-electron chi connectivity index (χ1n) is 9.86. The minimum atomic E-state index is -1.14. The van der Waals surface area contributed by atoms with Gasteiger partial charge in [-0.05, 0) is 40.5 Å². The Morgan fingerprint density at radius 1 is 1.03 bits per heavy atom. The van der Waals surface area contributed by atoms with Crippen LogP contribution in [0.4, 0.5) is 16.2 Å². The number of alkyl halides is 1. The second-order valence-corrected chi connectivity index (χ2v) is 7.49. The first kappa shape index (κ1) is 21.4. The molecule has 1 aliphatic rings. The number of benzene rings is 3. The number of ether oxygens (including phenoxy) is 1. The van der Waals surface area contributed by atoms with E-state index in [0.717, 1.165) is 22.3 Å². The van der Waals surface area contributed by atoms with Gasteiger partial charge in [0.25, 0.3) is 0 Å². The van der Waals surface area contributed by atoms with Gasteiger partial charge in [-0.15, -0.1) is 11.6 Å². The molecule has 0 unspecified atom stereocenters. The van der Waals surface area contributed by atoms with Gasteiger partial charge in [0.1, 0.15) is 12.4 Å². The Morgan fingerprint density at radius 2 is 1.66 bits per heavy atom. The Bertz CT molecular complexity index is 1180. The van der Waals surface area contributed by atoms with Crippen molar-refractivity contribution in [3.05, 3.63) is 83.4 Å². The number of hydrogen-bond donors (Lipinski definition) is 3. The molecule has 4 N–H and O–H groups in total. The molecule has 1 aliphatic carbocycles. The van der Waals surface area contributed by atoms with Gasteiger partial charge in [-0.3, -0.25) is 5.32 Å². The number of halogens is 1. The normalized spacial score (nSPS) is 12.7. The van der Waals surface area contributed by atoms with Crippen LogP contribution in [0.5, 0.6) is 0 Å². The van der Waals surface area contributed by atoms with Crippen molar-refractivity contribution >= 4 is 40.9 Å². The van der Waals surface area contributed by atoms with Gasteiger partial charge in [-0.2, -0.15) is 0 Å². The van der Waals surface area contributed by atoms with Crippen molar-refractivity contribution in [2.24, 2.45) is 10.7 Å². The van der Waals surface area contributed by atoms with Crippen LogP contribution in [0.2, 0.25) is 0 Å². The molecule has 0 radical (unpaired) electrons. The summed E-state index contributed by atoms with van der Waals surface area (Å²) >= 11 is 5.68. The maximum atomic E-state index is 12.6. The summed E-state index contributed by atoms with van der Waals surface area (Å²) in [6.07, 6.45) is -0.727. The van der Waals surface area contributed by atoms with Gasteiger partial charge in [-0.1, -0.05) is 48.5 Å². The number of rotatable bonds is 6. The number of carboxylic acids is 1. The van der Waals surface area contributed by atoms with Crippen molar-refractivity contribution in [1.29, 1.82) is 0 Å². The molecule has 0 heterocycles. The van der Waals surface area contributed by atoms with Crippen molar-refractivity contribution in [3.8, 4) is 11.1 Å². The van der Waals surface area contributed by atoms with Crippen molar-refractivity contribution in [2.45, 2.75) is 5.92 Å². The van der Waals surface area contributed by atoms with E-state index in [4.69, 9.17) is 22.1 Å². The third-order valence-electron chi connectivity index (χ3n) is 5.22. The Kier molecular flexibility index (Phi) is 6.09. The van der Waals surface area contributed by atoms with Crippen LogP contribution >= 0.6 is 11.6 Å². The van der Waals surface area contributed by atoms with E-state index in [9.17, 15) is 14.7 Å². The highest BCUT2D eigenvalue weighted by atomic mass is 35.5. The van der Waals surface area contributed by atoms with Crippen molar-refractivity contribution < 1.29 is 19.4 Å². The number of aliphatic imine (C=N–C) groups is 1. The second-order valence-electron chi connectivity index (χ2n) is 7.22. The Balaban J connectivity index is 1.54. The lowest BCUT2D eigenvalue weighted by atomic mass is 9.98. The summed E-state index contributed by atoms with van der Waals surface area (Å²) in [4.78, 5) is 28.1. The fourth-order valence-electron chi connectivity index (χ4n) is 3.80. The Labute approximate surface area is 189 Å². The minimum Gasteiger partial charge on any atom is -0.478 e. The molecule has 4 rings (SSSR count). The average molecular weight is 450 g/mol. The second kappa shape index (κ2) is 9.11. The van der Waals surface area contributed by atoms with E-state index >= 15 is 0 Å². The average Bonchev–Trinajstić information content (AvgIpc) is 3.12. The van der Waals surface area contributed by atoms with Crippen LogP contribution < -0.4 is 11.1 Å². The molecular formula is C24H20ClN3O4. The third-order valence-corrected chi connectivity index (χ3v) is 5.50. The summed E-state index contributed by atoms with van der Waals surface area (Å²) in [5.41, 5.74) is 10.6. The molecule has 0 aliphatic heterocycles. The highest BCUT2D eigenvalue weighted by Crippen LogP contribution is 2.44. The molecule has 32 heavy (non-hydrogen) atoms. The largest absolute Gasteiger partial charge is 0.478 e. The number of amides is 1. The first-order valence-corrected chi connectivity index (χ1v) is 10.4. The maximum absolute atomic E-state index is 12.6. The predicted octanol–water partition coefficient (Wildman–Crippen LogP) is 4.97. The number of nitrogens with two attached hydrogens (primary N) is 1. The lowest BCUT2D eigenvalue weighted by molar-refractivity contribution is 0.0697. The Hall–Kier alpha value is -3.84. The van der Waals surface area contributed by atoms with Crippen LogP contribution in [0.15, 0.2) is 71.7 Å². The molecule has 0 saturated heterocycles. The standard InChI is InChI=1S/C24H20ClN3O4/c25-12-22(26)27-20-10-9-14(23(29)30)11-21(20)28-24(31)32-13-19-17-7-3-1-5-15(17)16-6-2-4-8-18(16)19/h1-11,19H,12-13H2,(H2,26,27)(H,28,31)(H,29,30). The number of amidine groups is 1. The molecule has 162 valence electrons. The van der Waals surface area contributed by atoms with Gasteiger partial charge in [-0.25, -0.2) is 14.6 Å². The van der Waals surface area contributed by atoms with Crippen LogP contribution in [0.3, 0.4) is 0 Å². The van der Waals surface area contributed by atoms with Crippen LogP contribution in [-0.2, 0) is 4.74 Å². The summed E-state index contributed by atoms with van der Waals surface area (Å²) in [7, 11) is 0. The van der Waals surface area contributed by atoms with Crippen molar-refractivity contribution in [2.75, 3.05) is 17.8 Å². The topological polar surface area (TPSA) is 114 Å². The summed E-state index contributed by atoms with van der Waals surface area (Å²) in [5, 5.41) is 11.8. The zero-order chi connectivity index (χ0) is 22.7. The van der Waals surface area contributed by atoms with Crippen LogP contribution in [0.1, 0.15) is 27.4 Å². The summed E-state index contributed by atoms with van der Waals surface area (Å²) < 4.78 is 5.53. The molecule has 7 nitrogen and oxygen atoms in total. The molecule has 3 aromatic carbocycles. The predicted molar refractivity (Wildman–Crippen MR) is 124 cm³/mol. The monoisotopic (exact) mass is 449 g/mol. The smallest absolute Gasteiger partial charge is 0.411 e. The number of anilines is 1. The highest BCUT2D eigenvalue weighted by molar-refractivity contribution is 6.28. The van der Waals surface area contributed by atoms with E-state index in [1.54, 1.807) is 0 Å². The minimum absolute atomic E-state index is 0.00886. The number of nitrogens with one attached hydrogen (secondary N) is 1. The van der Waals surface area contributed by atoms with E-state index in [2.05, 4.69) is 22.4 Å². The number of carbonyl (C=O) groups excluding carboxylic acids is 1. The zero-order valence-corrected chi connectivity index (χ0v) is 17.7. The number of fused-ring (bicyclic) bond motifs is 3. The Morgan fingerprint density at radius 3 is 2.25 bits per heavy atom. The van der Waals surface area contributed by atoms with E-state index < -0.39 is 12.1 Å². The quantitative estimate of drug-likeness (QED) is 0.279. The molecule has 0 bridgehead atoms. The maximum Gasteiger partial charge on any atom is 0.411 e. The van der Waals surface area contributed by atoms with E-state index in [0.29, 0.717) is 0 Å². The number of nitrogens with zero attached hydrogens (tertiary/aromatic N) is 1. The van der Waals surface area contributed by atoms with Gasteiger partial charge in [0.15, 0.2) is 0 Å². The molecular weight excluding hydrogens is 430 g/mol. The summed E-state index contributed by atoms with van der Waals surface area (Å²) in [5.74, 6) is -1.11. The third kappa shape index (κ3) is 4.29. The summed E-state index contributed by atoms with van der Waals surface area (Å²) in [6.45, 7) is 0.126. The number of aromatic carboxylic acids is 1. The van der Waals surface area contributed by atoms with Crippen LogP contribution in [0, 0.1) is 0 Å². The van der Waals surface area contributed by atoms with Crippen molar-refractivity contribution in [1.82, 2.24) is 0 Å². The van der Waals surface area contributed by atoms with Gasteiger partial charge >= 0.3 is 12.1 Å². The highest BCUT2D eigenvalue weighted by Gasteiger charge is 2.29. The zero-order valence-electron chi connectivity index (χ0n) is 16.9. The van der Waals surface area contributed by atoms with Gasteiger partial charge in [0.05, 0.1) is 22.8 Å². The molecule has 0 aromatic heterocycles. The lowest BCUT2D eigenvalue weighted by Crippen LogP contribution is -2.18. The van der Waals surface area contributed by atoms with Gasteiger partial charge in [0.2, 0.25) is 0 Å². The SMILES string of the molecule is NC(CCl)=Nc1ccc(C(=O)O)cc1NC(=O)OCC1c2ccccc2-c2ccccc21. The molecule has 0 atom stereocenters. The number of carboxylic acid groups (broad SMARTS) is 1. The number of carbonyl (C=O) groups is 2. The molecule has 3 aromatic rings. The van der Waals surface area contributed by atoms with Crippen LogP contribution in [-0.4, -0.2) is 35.5 Å². The van der Waals surface area contributed by atoms with Gasteiger partial charge in [0, 0.05) is 5.92 Å². The van der Waals surface area contributed by atoms with Crippen LogP contribution in [0.25, 0.3) is 11.1 Å². The fraction of sp³-hybridized carbons (Fsp3) is 0.125. The molecule has 1 amide bonds. The van der Waals surface area contributed by atoms with Gasteiger partial charge < -0.3 is 15.6 Å². The summed E-state index contributed by atoms with van der Waals surface area (Å²) in [6, 6.07) is 20.2. The lowest BCUT2D eigenvalue weighted by Gasteiger charge is -2.15. The van der Waals surface area contributed by atoms with Crippen molar-refractivity contribution in [3.63, 3.8) is 0 Å². The number of hydrogen-bond acceptors (Lipinski definition) is 4. The van der Waals surface area contributed by atoms with E-state index in [-0.39, 0.29) is 41.2 Å². The fourth-order valence-corrected chi connectivity index (χ4v) is 3.86. The van der Waals surface area contributed by atoms with E-state index in [1.807, 2.05) is 36.4 Å². The molecule has 0 fully saturated rings.